The fourth-order valence-corrected chi connectivity index (χ4v) is 6.30. The van der Waals surface area contributed by atoms with Crippen molar-refractivity contribution in [2.24, 2.45) is 5.73 Å². The van der Waals surface area contributed by atoms with Crippen molar-refractivity contribution in [2.75, 3.05) is 19.8 Å². The Labute approximate surface area is 256 Å². The predicted molar refractivity (Wildman–Crippen MR) is 166 cm³/mol. The van der Waals surface area contributed by atoms with Crippen molar-refractivity contribution in [1.29, 1.82) is 0 Å². The molecular formula is C36H34N2O6. The summed E-state index contributed by atoms with van der Waals surface area (Å²) >= 11 is 0. The highest BCUT2D eigenvalue weighted by Crippen LogP contribution is 2.45. The van der Waals surface area contributed by atoms with Gasteiger partial charge in [0.1, 0.15) is 19.3 Å². The second-order valence-electron chi connectivity index (χ2n) is 11.0. The summed E-state index contributed by atoms with van der Waals surface area (Å²) in [7, 11) is 0. The van der Waals surface area contributed by atoms with Gasteiger partial charge in [-0.2, -0.15) is 0 Å². The molecule has 224 valence electrons. The fourth-order valence-electron chi connectivity index (χ4n) is 6.30. The first-order valence-corrected chi connectivity index (χ1v) is 14.9. The van der Waals surface area contributed by atoms with Crippen LogP contribution in [0.5, 0.6) is 0 Å². The lowest BCUT2D eigenvalue weighted by Crippen LogP contribution is -2.43. The summed E-state index contributed by atoms with van der Waals surface area (Å²) in [6.45, 7) is 0.535. The predicted octanol–water partition coefficient (Wildman–Crippen LogP) is 6.52. The third kappa shape index (κ3) is 5.94. The molecule has 1 atom stereocenters. The molecular weight excluding hydrogens is 556 g/mol. The maximum absolute atomic E-state index is 13.0. The summed E-state index contributed by atoms with van der Waals surface area (Å²) < 4.78 is 16.1. The molecule has 0 saturated heterocycles. The molecule has 1 amide bonds. The van der Waals surface area contributed by atoms with Gasteiger partial charge in [-0.05, 0) is 70.3 Å². The van der Waals surface area contributed by atoms with Crippen LogP contribution in [0.15, 0.2) is 97.1 Å². The van der Waals surface area contributed by atoms with Gasteiger partial charge in [-0.25, -0.2) is 14.4 Å². The number of alkyl carbamates (subject to hydrolysis) is 1. The van der Waals surface area contributed by atoms with Crippen LogP contribution in [-0.2, 0) is 19.0 Å². The quantitative estimate of drug-likeness (QED) is 0.123. The van der Waals surface area contributed by atoms with Gasteiger partial charge >= 0.3 is 18.2 Å². The highest BCUT2D eigenvalue weighted by molar-refractivity contribution is 5.88. The molecule has 1 unspecified atom stereocenters. The fraction of sp³-hybridized carbons (Fsp3) is 0.250. The van der Waals surface area contributed by atoms with E-state index in [2.05, 4.69) is 17.4 Å². The van der Waals surface area contributed by atoms with E-state index < -0.39 is 24.3 Å². The highest BCUT2D eigenvalue weighted by Gasteiger charge is 2.32. The van der Waals surface area contributed by atoms with Crippen molar-refractivity contribution in [3.05, 3.63) is 119 Å². The van der Waals surface area contributed by atoms with Gasteiger partial charge in [0.25, 0.3) is 0 Å². The topological polar surface area (TPSA) is 117 Å². The molecule has 4 aromatic carbocycles. The summed E-state index contributed by atoms with van der Waals surface area (Å²) in [5, 5.41) is 2.59. The summed E-state index contributed by atoms with van der Waals surface area (Å²) in [6, 6.07) is 30.9. The number of benzene rings is 4. The first-order valence-electron chi connectivity index (χ1n) is 14.9. The number of hydrogen-bond donors (Lipinski definition) is 2. The monoisotopic (exact) mass is 590 g/mol. The molecule has 2 aliphatic carbocycles. The molecule has 2 aliphatic rings. The van der Waals surface area contributed by atoms with Gasteiger partial charge in [0.05, 0.1) is 0 Å². The number of ether oxygens (including phenoxy) is 3. The number of nitrogens with two attached hydrogens (primary N) is 1. The van der Waals surface area contributed by atoms with E-state index in [4.69, 9.17) is 19.9 Å². The molecule has 0 aromatic heterocycles. The Morgan fingerprint density at radius 1 is 0.636 bits per heavy atom. The molecule has 4 aromatic rings. The Balaban J connectivity index is 1.06. The Morgan fingerprint density at radius 3 is 1.52 bits per heavy atom. The van der Waals surface area contributed by atoms with E-state index >= 15 is 0 Å². The number of fused-ring (bicyclic) bond motifs is 6. The maximum atomic E-state index is 13.0. The van der Waals surface area contributed by atoms with Gasteiger partial charge < -0.3 is 25.3 Å². The van der Waals surface area contributed by atoms with Crippen molar-refractivity contribution < 1.29 is 28.6 Å². The number of carbonyl (C=O) groups is 3. The van der Waals surface area contributed by atoms with E-state index in [1.807, 2.05) is 84.9 Å². The maximum Gasteiger partial charge on any atom is 0.516 e. The van der Waals surface area contributed by atoms with E-state index in [1.54, 1.807) is 0 Å². The van der Waals surface area contributed by atoms with Gasteiger partial charge in [0.15, 0.2) is 0 Å². The van der Waals surface area contributed by atoms with Gasteiger partial charge in [-0.1, -0.05) is 97.1 Å². The first kappa shape index (κ1) is 29.1. The average molecular weight is 591 g/mol. The molecule has 8 nitrogen and oxygen atoms in total. The largest absolute Gasteiger partial charge is 0.516 e. The normalized spacial score (nSPS) is 13.7. The third-order valence-corrected chi connectivity index (χ3v) is 8.38. The number of carbonyl (C=O) groups excluding carboxylic acids is 3. The van der Waals surface area contributed by atoms with Crippen LogP contribution < -0.4 is 11.1 Å². The standard InChI is InChI=1S/C36H34N2O6/c37-20-10-9-19-33(38-35(40)42-21-31-27-15-5-1-11-23(27)24-12-2-6-16-28(24)31)34(39)44-36(41)43-22-32-29-17-7-3-13-25(29)26-14-4-8-18-30(26)32/h1-8,11-18,31-33H,9-10,19-22,37H2,(H,38,40). The van der Waals surface area contributed by atoms with Crippen LogP contribution in [0.1, 0.15) is 53.4 Å². The number of amides is 1. The summed E-state index contributed by atoms with van der Waals surface area (Å²) in [4.78, 5) is 38.6. The smallest absolute Gasteiger partial charge is 0.449 e. The number of nitrogens with one attached hydrogen (secondary N) is 1. The Bertz CT molecular complexity index is 1590. The van der Waals surface area contributed by atoms with Crippen LogP contribution in [-0.4, -0.2) is 44.0 Å². The van der Waals surface area contributed by atoms with Crippen LogP contribution in [0.4, 0.5) is 9.59 Å². The van der Waals surface area contributed by atoms with Crippen LogP contribution in [0.2, 0.25) is 0 Å². The summed E-state index contributed by atoms with van der Waals surface area (Å²) in [5.41, 5.74) is 14.3. The van der Waals surface area contributed by atoms with E-state index in [1.165, 1.54) is 0 Å². The Hall–Kier alpha value is -4.95. The Kier molecular flexibility index (Phi) is 8.70. The zero-order valence-electron chi connectivity index (χ0n) is 24.2. The highest BCUT2D eigenvalue weighted by atomic mass is 16.7. The molecule has 8 heteroatoms. The summed E-state index contributed by atoms with van der Waals surface area (Å²) in [5.74, 6) is -1.21. The molecule has 0 radical (unpaired) electrons. The second kappa shape index (κ2) is 13.1. The van der Waals surface area contributed by atoms with Crippen LogP contribution in [0.25, 0.3) is 22.3 Å². The zero-order chi connectivity index (χ0) is 30.5. The first-order chi connectivity index (χ1) is 21.5. The minimum absolute atomic E-state index is 0.0117. The molecule has 0 bridgehead atoms. The van der Waals surface area contributed by atoms with Crippen molar-refractivity contribution in [1.82, 2.24) is 5.32 Å². The van der Waals surface area contributed by atoms with Crippen molar-refractivity contribution in [2.45, 2.75) is 37.1 Å². The molecule has 0 aliphatic heterocycles. The molecule has 0 heterocycles. The van der Waals surface area contributed by atoms with Gasteiger partial charge in [-0.15, -0.1) is 0 Å². The van der Waals surface area contributed by atoms with Crippen molar-refractivity contribution >= 4 is 18.2 Å². The lowest BCUT2D eigenvalue weighted by atomic mass is 9.98. The molecule has 44 heavy (non-hydrogen) atoms. The lowest BCUT2D eigenvalue weighted by Gasteiger charge is -2.19. The number of hydrogen-bond acceptors (Lipinski definition) is 7. The molecule has 0 saturated carbocycles. The van der Waals surface area contributed by atoms with Gasteiger partial charge in [0, 0.05) is 11.8 Å². The summed E-state index contributed by atoms with van der Waals surface area (Å²) in [6.07, 6.45) is -0.466. The third-order valence-electron chi connectivity index (χ3n) is 8.38. The zero-order valence-corrected chi connectivity index (χ0v) is 24.2. The van der Waals surface area contributed by atoms with Crippen molar-refractivity contribution in [3.63, 3.8) is 0 Å². The second-order valence-corrected chi connectivity index (χ2v) is 11.0. The van der Waals surface area contributed by atoms with Gasteiger partial charge in [0.2, 0.25) is 0 Å². The number of rotatable bonds is 10. The molecule has 0 spiro atoms. The van der Waals surface area contributed by atoms with Crippen LogP contribution in [0.3, 0.4) is 0 Å². The van der Waals surface area contributed by atoms with E-state index in [0.29, 0.717) is 19.4 Å². The average Bonchev–Trinajstić information content (AvgIpc) is 3.55. The molecule has 6 rings (SSSR count). The lowest BCUT2D eigenvalue weighted by molar-refractivity contribution is -0.142. The van der Waals surface area contributed by atoms with E-state index in [9.17, 15) is 14.4 Å². The number of unbranched alkanes of at least 4 members (excludes halogenated alkanes) is 1. The van der Waals surface area contributed by atoms with E-state index in [-0.39, 0.29) is 31.5 Å². The van der Waals surface area contributed by atoms with E-state index in [0.717, 1.165) is 44.5 Å². The van der Waals surface area contributed by atoms with Crippen LogP contribution >= 0.6 is 0 Å². The number of esters is 1. The Morgan fingerprint density at radius 2 is 1.07 bits per heavy atom. The molecule has 3 N–H and O–H groups in total. The SMILES string of the molecule is NCCCCC(NC(=O)OCC1c2ccccc2-c2ccccc21)C(=O)OC(=O)OCC1c2ccccc2-c2ccccc21. The minimum Gasteiger partial charge on any atom is -0.449 e. The van der Waals surface area contributed by atoms with Gasteiger partial charge in [-0.3, -0.25) is 0 Å². The minimum atomic E-state index is -1.12. The van der Waals surface area contributed by atoms with Crippen molar-refractivity contribution in [3.8, 4) is 22.3 Å². The molecule has 0 fully saturated rings. The van der Waals surface area contributed by atoms with Crippen LogP contribution in [0, 0.1) is 0 Å².